The molecular formula is C16H17Cl2NO2. The van der Waals surface area contributed by atoms with Crippen molar-refractivity contribution in [1.29, 1.82) is 0 Å². The Labute approximate surface area is 134 Å². The minimum atomic E-state index is -0.0253. The zero-order chi connectivity index (χ0) is 15.4. The van der Waals surface area contributed by atoms with E-state index in [0.29, 0.717) is 28.8 Å². The van der Waals surface area contributed by atoms with Crippen LogP contribution in [0.4, 0.5) is 0 Å². The van der Waals surface area contributed by atoms with E-state index in [9.17, 15) is 5.11 Å². The van der Waals surface area contributed by atoms with Crippen molar-refractivity contribution in [3.8, 4) is 11.5 Å². The van der Waals surface area contributed by atoms with Crippen molar-refractivity contribution in [3.05, 3.63) is 57.6 Å². The first-order valence-corrected chi connectivity index (χ1v) is 7.35. The van der Waals surface area contributed by atoms with Crippen molar-refractivity contribution in [2.75, 3.05) is 0 Å². The van der Waals surface area contributed by atoms with Gasteiger partial charge >= 0.3 is 0 Å². The lowest BCUT2D eigenvalue weighted by Gasteiger charge is -2.15. The number of hydrogen-bond acceptors (Lipinski definition) is 3. The molecule has 0 fully saturated rings. The highest BCUT2D eigenvalue weighted by molar-refractivity contribution is 6.35. The summed E-state index contributed by atoms with van der Waals surface area (Å²) in [6.07, 6.45) is 0.621. The number of benzene rings is 2. The predicted octanol–water partition coefficient (Wildman–Crippen LogP) is 4.17. The van der Waals surface area contributed by atoms with Crippen molar-refractivity contribution in [1.82, 2.24) is 0 Å². The van der Waals surface area contributed by atoms with Gasteiger partial charge in [0.15, 0.2) is 0 Å². The third kappa shape index (κ3) is 4.53. The highest BCUT2D eigenvalue weighted by Crippen LogP contribution is 2.33. The molecule has 1 atom stereocenters. The summed E-state index contributed by atoms with van der Waals surface area (Å²) in [7, 11) is 0. The molecule has 0 aromatic heterocycles. The van der Waals surface area contributed by atoms with Crippen LogP contribution < -0.4 is 10.5 Å². The van der Waals surface area contributed by atoms with Gasteiger partial charge in [0, 0.05) is 11.1 Å². The van der Waals surface area contributed by atoms with E-state index in [2.05, 4.69) is 0 Å². The van der Waals surface area contributed by atoms with Gasteiger partial charge < -0.3 is 15.6 Å². The molecule has 5 heteroatoms. The molecule has 0 radical (unpaired) electrons. The number of halogens is 2. The Bertz CT molecular complexity index is 630. The summed E-state index contributed by atoms with van der Waals surface area (Å²) in [6.45, 7) is 2.22. The van der Waals surface area contributed by atoms with Gasteiger partial charge in [-0.15, -0.1) is 0 Å². The summed E-state index contributed by atoms with van der Waals surface area (Å²) in [5.41, 5.74) is 7.58. The Balaban J connectivity index is 2.22. The molecule has 3 nitrogen and oxygen atoms in total. The highest BCUT2D eigenvalue weighted by Gasteiger charge is 2.12. The summed E-state index contributed by atoms with van der Waals surface area (Å²) in [5.74, 6) is 0.788. The largest absolute Gasteiger partial charge is 0.508 e. The molecule has 1 unspecified atom stereocenters. The van der Waals surface area contributed by atoms with Gasteiger partial charge in [0.1, 0.15) is 18.1 Å². The highest BCUT2D eigenvalue weighted by atomic mass is 35.5. The van der Waals surface area contributed by atoms with Crippen LogP contribution in [0.2, 0.25) is 10.0 Å². The molecule has 0 aliphatic rings. The minimum Gasteiger partial charge on any atom is -0.508 e. The van der Waals surface area contributed by atoms with E-state index in [0.717, 1.165) is 11.1 Å². The molecule has 0 saturated carbocycles. The Kier molecular flexibility index (Phi) is 5.34. The first kappa shape index (κ1) is 16.0. The van der Waals surface area contributed by atoms with Crippen LogP contribution in [0.25, 0.3) is 0 Å². The van der Waals surface area contributed by atoms with E-state index in [4.69, 9.17) is 33.7 Å². The maximum absolute atomic E-state index is 9.46. The van der Waals surface area contributed by atoms with Crippen molar-refractivity contribution < 1.29 is 9.84 Å². The number of nitrogens with two attached hydrogens (primary N) is 1. The van der Waals surface area contributed by atoms with E-state index in [1.165, 1.54) is 0 Å². The van der Waals surface area contributed by atoms with Gasteiger partial charge in [-0.1, -0.05) is 35.3 Å². The van der Waals surface area contributed by atoms with Crippen molar-refractivity contribution in [2.45, 2.75) is 26.0 Å². The molecule has 2 aromatic carbocycles. The van der Waals surface area contributed by atoms with Gasteiger partial charge in [-0.05, 0) is 48.7 Å². The summed E-state index contributed by atoms with van der Waals surface area (Å²) in [5, 5.41) is 10.5. The quantitative estimate of drug-likeness (QED) is 0.867. The number of rotatable bonds is 5. The number of phenols is 1. The van der Waals surface area contributed by atoms with Crippen LogP contribution in [0.1, 0.15) is 18.1 Å². The second kappa shape index (κ2) is 7.03. The van der Waals surface area contributed by atoms with Crippen LogP contribution in [-0.4, -0.2) is 11.1 Å². The third-order valence-electron chi connectivity index (χ3n) is 2.92. The summed E-state index contributed by atoms with van der Waals surface area (Å²) >= 11 is 12.2. The fraction of sp³-hybridized carbons (Fsp3) is 0.250. The standard InChI is InChI=1S/C16H17Cl2NO2/c1-10(19)5-12-7-13(17)8-15(18)16(12)21-9-11-3-2-4-14(20)6-11/h2-4,6-8,10,20H,5,9,19H2,1H3. The fourth-order valence-electron chi connectivity index (χ4n) is 2.08. The van der Waals surface area contributed by atoms with Gasteiger partial charge in [0.2, 0.25) is 0 Å². The van der Waals surface area contributed by atoms with Crippen LogP contribution in [0.3, 0.4) is 0 Å². The van der Waals surface area contributed by atoms with Crippen molar-refractivity contribution in [3.63, 3.8) is 0 Å². The molecule has 0 saturated heterocycles. The van der Waals surface area contributed by atoms with Gasteiger partial charge in [0.05, 0.1) is 5.02 Å². The number of hydrogen-bond donors (Lipinski definition) is 2. The molecule has 2 aromatic rings. The Hall–Kier alpha value is -1.42. The lowest BCUT2D eigenvalue weighted by Crippen LogP contribution is -2.18. The average molecular weight is 326 g/mol. The average Bonchev–Trinajstić information content (AvgIpc) is 2.36. The predicted molar refractivity (Wildman–Crippen MR) is 86.3 cm³/mol. The second-order valence-corrected chi connectivity index (χ2v) is 5.86. The lowest BCUT2D eigenvalue weighted by molar-refractivity contribution is 0.302. The molecular weight excluding hydrogens is 309 g/mol. The molecule has 3 N–H and O–H groups in total. The van der Waals surface area contributed by atoms with Gasteiger partial charge in [-0.3, -0.25) is 0 Å². The first-order chi connectivity index (χ1) is 9.95. The Morgan fingerprint density at radius 1 is 1.24 bits per heavy atom. The molecule has 21 heavy (non-hydrogen) atoms. The molecule has 0 aliphatic heterocycles. The van der Waals surface area contributed by atoms with E-state index in [1.54, 1.807) is 24.3 Å². The summed E-state index contributed by atoms with van der Waals surface area (Å²) in [6, 6.07) is 10.3. The molecule has 112 valence electrons. The minimum absolute atomic E-state index is 0.0253. The maximum atomic E-state index is 9.46. The first-order valence-electron chi connectivity index (χ1n) is 6.60. The van der Waals surface area contributed by atoms with Crippen LogP contribution in [0, 0.1) is 0 Å². The van der Waals surface area contributed by atoms with E-state index in [1.807, 2.05) is 19.1 Å². The van der Waals surface area contributed by atoms with Gasteiger partial charge in [-0.25, -0.2) is 0 Å². The number of phenolic OH excluding ortho intramolecular Hbond substituents is 1. The second-order valence-electron chi connectivity index (χ2n) is 5.02. The Morgan fingerprint density at radius 3 is 2.67 bits per heavy atom. The van der Waals surface area contributed by atoms with E-state index in [-0.39, 0.29) is 11.8 Å². The monoisotopic (exact) mass is 325 g/mol. The summed E-state index contributed by atoms with van der Waals surface area (Å²) < 4.78 is 5.81. The van der Waals surface area contributed by atoms with Gasteiger partial charge in [-0.2, -0.15) is 0 Å². The van der Waals surface area contributed by atoms with E-state index >= 15 is 0 Å². The number of aromatic hydroxyl groups is 1. The molecule has 0 aliphatic carbocycles. The van der Waals surface area contributed by atoms with Crippen molar-refractivity contribution >= 4 is 23.2 Å². The molecule has 0 spiro atoms. The molecule has 0 heterocycles. The van der Waals surface area contributed by atoms with Crippen LogP contribution in [0.15, 0.2) is 36.4 Å². The molecule has 0 bridgehead atoms. The van der Waals surface area contributed by atoms with Crippen molar-refractivity contribution in [2.24, 2.45) is 5.73 Å². The van der Waals surface area contributed by atoms with Gasteiger partial charge in [0.25, 0.3) is 0 Å². The van der Waals surface area contributed by atoms with Crippen LogP contribution in [-0.2, 0) is 13.0 Å². The SMILES string of the molecule is CC(N)Cc1cc(Cl)cc(Cl)c1OCc1cccc(O)c1. The number of ether oxygens (including phenoxy) is 1. The van der Waals surface area contributed by atoms with Crippen LogP contribution in [0.5, 0.6) is 11.5 Å². The Morgan fingerprint density at radius 2 is 2.00 bits per heavy atom. The normalized spacial score (nSPS) is 12.2. The topological polar surface area (TPSA) is 55.5 Å². The molecule has 2 rings (SSSR count). The zero-order valence-corrected chi connectivity index (χ0v) is 13.2. The fourth-order valence-corrected chi connectivity index (χ4v) is 2.67. The van der Waals surface area contributed by atoms with Crippen LogP contribution >= 0.6 is 23.2 Å². The molecule has 0 amide bonds. The lowest BCUT2D eigenvalue weighted by atomic mass is 10.1. The van der Waals surface area contributed by atoms with E-state index < -0.39 is 0 Å². The summed E-state index contributed by atoms with van der Waals surface area (Å²) in [4.78, 5) is 0. The zero-order valence-electron chi connectivity index (χ0n) is 11.6. The third-order valence-corrected chi connectivity index (χ3v) is 3.42. The maximum Gasteiger partial charge on any atom is 0.141 e. The smallest absolute Gasteiger partial charge is 0.141 e.